The number of ether oxygens (including phenoxy) is 1. The van der Waals surface area contributed by atoms with E-state index in [-0.39, 0.29) is 0 Å². The van der Waals surface area contributed by atoms with Gasteiger partial charge in [0.25, 0.3) is 0 Å². The Morgan fingerprint density at radius 3 is 2.73 bits per heavy atom. The quantitative estimate of drug-likeness (QED) is 0.412. The number of hydrogen-bond acceptors (Lipinski definition) is 1. The highest BCUT2D eigenvalue weighted by molar-refractivity contribution is 5.21. The topological polar surface area (TPSA) is 12.5 Å². The van der Waals surface area contributed by atoms with Gasteiger partial charge in [0.05, 0.1) is 12.2 Å². The minimum atomic E-state index is 0.655. The standard InChI is InChI=1S/C10H14O/c1-6-4-8(6)7-2-3-9-10(5-7)11-9/h7-10H,1-5H2. The van der Waals surface area contributed by atoms with Gasteiger partial charge in [-0.1, -0.05) is 12.2 Å². The predicted octanol–water partition coefficient (Wildman–Crippen LogP) is 2.13. The fourth-order valence-corrected chi connectivity index (χ4v) is 2.52. The Kier molecular flexibility index (Phi) is 1.07. The molecule has 0 N–H and O–H groups in total. The third-order valence-corrected chi connectivity index (χ3v) is 3.46. The summed E-state index contributed by atoms with van der Waals surface area (Å²) in [7, 11) is 0. The van der Waals surface area contributed by atoms with Gasteiger partial charge in [0, 0.05) is 0 Å². The van der Waals surface area contributed by atoms with Crippen LogP contribution in [0.4, 0.5) is 0 Å². The lowest BCUT2D eigenvalue weighted by atomic mass is 9.86. The molecule has 0 amide bonds. The first-order valence-electron chi connectivity index (χ1n) is 4.68. The van der Waals surface area contributed by atoms with Crippen molar-refractivity contribution >= 4 is 0 Å². The van der Waals surface area contributed by atoms with Crippen LogP contribution in [-0.4, -0.2) is 12.2 Å². The number of hydrogen-bond donors (Lipinski definition) is 0. The van der Waals surface area contributed by atoms with E-state index >= 15 is 0 Å². The lowest BCUT2D eigenvalue weighted by molar-refractivity contribution is 0.345. The summed E-state index contributed by atoms with van der Waals surface area (Å²) in [5.74, 6) is 1.83. The fraction of sp³-hybridized carbons (Fsp3) is 0.800. The highest BCUT2D eigenvalue weighted by Gasteiger charge is 2.48. The summed E-state index contributed by atoms with van der Waals surface area (Å²) in [5, 5.41) is 0. The highest BCUT2D eigenvalue weighted by Crippen LogP contribution is 2.51. The third kappa shape index (κ3) is 0.943. The average molecular weight is 150 g/mol. The number of fused-ring (bicyclic) bond motifs is 1. The molecule has 0 aromatic heterocycles. The van der Waals surface area contributed by atoms with Gasteiger partial charge in [0.15, 0.2) is 0 Å². The lowest BCUT2D eigenvalue weighted by Crippen LogP contribution is -2.14. The van der Waals surface area contributed by atoms with Gasteiger partial charge in [-0.3, -0.25) is 0 Å². The molecule has 0 aromatic carbocycles. The summed E-state index contributed by atoms with van der Waals surface area (Å²) in [4.78, 5) is 0. The predicted molar refractivity (Wildman–Crippen MR) is 43.2 cm³/mol. The van der Waals surface area contributed by atoms with Crippen molar-refractivity contribution in [2.24, 2.45) is 11.8 Å². The van der Waals surface area contributed by atoms with Gasteiger partial charge in [-0.2, -0.15) is 0 Å². The molecule has 1 saturated heterocycles. The molecule has 1 heteroatoms. The Balaban J connectivity index is 1.66. The van der Waals surface area contributed by atoms with Gasteiger partial charge in [0.1, 0.15) is 0 Å². The van der Waals surface area contributed by atoms with Crippen molar-refractivity contribution < 1.29 is 4.74 Å². The summed E-state index contributed by atoms with van der Waals surface area (Å²) in [6, 6.07) is 0. The minimum Gasteiger partial charge on any atom is -0.370 e. The minimum absolute atomic E-state index is 0.655. The molecular formula is C10H14O. The van der Waals surface area contributed by atoms with Crippen molar-refractivity contribution in [2.75, 3.05) is 0 Å². The fourth-order valence-electron chi connectivity index (χ4n) is 2.52. The van der Waals surface area contributed by atoms with Crippen LogP contribution in [0.5, 0.6) is 0 Å². The summed E-state index contributed by atoms with van der Waals surface area (Å²) >= 11 is 0. The summed E-state index contributed by atoms with van der Waals surface area (Å²) in [6.45, 7) is 4.02. The van der Waals surface area contributed by atoms with E-state index in [1.807, 2.05) is 0 Å². The molecule has 4 unspecified atom stereocenters. The molecule has 3 rings (SSSR count). The zero-order valence-electron chi connectivity index (χ0n) is 6.75. The Bertz CT molecular complexity index is 209. The molecule has 1 aliphatic heterocycles. The molecule has 0 aromatic rings. The maximum atomic E-state index is 5.49. The first-order valence-corrected chi connectivity index (χ1v) is 4.68. The van der Waals surface area contributed by atoms with Gasteiger partial charge < -0.3 is 4.74 Å². The maximum absolute atomic E-state index is 5.49. The molecule has 1 heterocycles. The van der Waals surface area contributed by atoms with E-state index < -0.39 is 0 Å². The van der Waals surface area contributed by atoms with E-state index in [1.54, 1.807) is 0 Å². The molecular weight excluding hydrogens is 136 g/mol. The van der Waals surface area contributed by atoms with Crippen molar-refractivity contribution in [1.29, 1.82) is 0 Å². The molecule has 1 nitrogen and oxygen atoms in total. The van der Waals surface area contributed by atoms with Gasteiger partial charge in [-0.05, 0) is 37.5 Å². The molecule has 60 valence electrons. The van der Waals surface area contributed by atoms with Crippen LogP contribution in [0.3, 0.4) is 0 Å². The Morgan fingerprint density at radius 1 is 1.27 bits per heavy atom. The summed E-state index contributed by atoms with van der Waals surface area (Å²) < 4.78 is 5.49. The molecule has 2 aliphatic carbocycles. The largest absolute Gasteiger partial charge is 0.370 e. The molecule has 0 radical (unpaired) electrons. The van der Waals surface area contributed by atoms with Crippen molar-refractivity contribution in [2.45, 2.75) is 37.9 Å². The molecule has 0 spiro atoms. The van der Waals surface area contributed by atoms with E-state index in [9.17, 15) is 0 Å². The zero-order valence-corrected chi connectivity index (χ0v) is 6.75. The van der Waals surface area contributed by atoms with Gasteiger partial charge >= 0.3 is 0 Å². The van der Waals surface area contributed by atoms with Crippen molar-refractivity contribution in [3.8, 4) is 0 Å². The van der Waals surface area contributed by atoms with Crippen molar-refractivity contribution in [1.82, 2.24) is 0 Å². The second-order valence-electron chi connectivity index (χ2n) is 4.25. The van der Waals surface area contributed by atoms with Crippen molar-refractivity contribution in [3.05, 3.63) is 12.2 Å². The van der Waals surface area contributed by atoms with E-state index in [4.69, 9.17) is 4.74 Å². The SMILES string of the molecule is C=C1CC1C1CCC2OC2C1. The smallest absolute Gasteiger partial charge is 0.0844 e. The first kappa shape index (κ1) is 6.24. The van der Waals surface area contributed by atoms with Gasteiger partial charge in [0.2, 0.25) is 0 Å². The van der Waals surface area contributed by atoms with Crippen LogP contribution >= 0.6 is 0 Å². The van der Waals surface area contributed by atoms with Crippen LogP contribution in [0, 0.1) is 11.8 Å². The molecule has 11 heavy (non-hydrogen) atoms. The summed E-state index contributed by atoms with van der Waals surface area (Å²) in [6.07, 6.45) is 6.67. The number of epoxide rings is 1. The Morgan fingerprint density at radius 2 is 2.09 bits per heavy atom. The third-order valence-electron chi connectivity index (χ3n) is 3.46. The van der Waals surface area contributed by atoms with E-state index in [0.717, 1.165) is 11.8 Å². The van der Waals surface area contributed by atoms with Crippen LogP contribution in [0.25, 0.3) is 0 Å². The lowest BCUT2D eigenvalue weighted by Gasteiger charge is -2.17. The Hall–Kier alpha value is -0.300. The van der Waals surface area contributed by atoms with Gasteiger partial charge in [-0.15, -0.1) is 0 Å². The molecule has 4 atom stereocenters. The van der Waals surface area contributed by atoms with Crippen LogP contribution in [0.1, 0.15) is 25.7 Å². The van der Waals surface area contributed by atoms with E-state index in [0.29, 0.717) is 12.2 Å². The molecule has 0 bridgehead atoms. The highest BCUT2D eigenvalue weighted by atomic mass is 16.6. The second kappa shape index (κ2) is 1.89. The average Bonchev–Trinajstić information content (AvgIpc) is 2.81. The van der Waals surface area contributed by atoms with Crippen LogP contribution < -0.4 is 0 Å². The van der Waals surface area contributed by atoms with E-state index in [1.165, 1.54) is 31.3 Å². The molecule has 3 fully saturated rings. The monoisotopic (exact) mass is 150 g/mol. The van der Waals surface area contributed by atoms with Crippen LogP contribution in [0.15, 0.2) is 12.2 Å². The number of allylic oxidation sites excluding steroid dienone is 1. The first-order chi connectivity index (χ1) is 5.34. The zero-order chi connectivity index (χ0) is 7.42. The Labute approximate surface area is 67.4 Å². The van der Waals surface area contributed by atoms with Crippen LogP contribution in [0.2, 0.25) is 0 Å². The molecule has 2 saturated carbocycles. The second-order valence-corrected chi connectivity index (χ2v) is 4.25. The summed E-state index contributed by atoms with van der Waals surface area (Å²) in [5.41, 5.74) is 1.49. The van der Waals surface area contributed by atoms with Crippen molar-refractivity contribution in [3.63, 3.8) is 0 Å². The normalized spacial score (nSPS) is 53.6. The molecule has 3 aliphatic rings. The van der Waals surface area contributed by atoms with Gasteiger partial charge in [-0.25, -0.2) is 0 Å². The maximum Gasteiger partial charge on any atom is 0.0844 e. The van der Waals surface area contributed by atoms with Crippen LogP contribution in [-0.2, 0) is 4.74 Å². The number of rotatable bonds is 1. The van der Waals surface area contributed by atoms with E-state index in [2.05, 4.69) is 6.58 Å².